The average molecular weight is 407 g/mol. The predicted molar refractivity (Wildman–Crippen MR) is 92.2 cm³/mol. The van der Waals surface area contributed by atoms with E-state index in [2.05, 4.69) is 10.6 Å². The molecular formula is C16H20F3N3O4S. The lowest BCUT2D eigenvalue weighted by atomic mass is 9.98. The number of alkyl halides is 3. The van der Waals surface area contributed by atoms with Gasteiger partial charge in [0.05, 0.1) is 11.8 Å². The van der Waals surface area contributed by atoms with Crippen LogP contribution in [-0.4, -0.2) is 50.4 Å². The molecule has 1 saturated heterocycles. The minimum atomic E-state index is -4.48. The third kappa shape index (κ3) is 6.21. The van der Waals surface area contributed by atoms with E-state index in [0.29, 0.717) is 25.9 Å². The zero-order valence-corrected chi connectivity index (χ0v) is 15.4. The van der Waals surface area contributed by atoms with Gasteiger partial charge in [-0.15, -0.1) is 0 Å². The summed E-state index contributed by atoms with van der Waals surface area (Å²) in [6.45, 7) is 0.936. The Morgan fingerprint density at radius 2 is 1.67 bits per heavy atom. The van der Waals surface area contributed by atoms with E-state index in [9.17, 15) is 31.2 Å². The fourth-order valence-corrected chi connectivity index (χ4v) is 3.57. The minimum absolute atomic E-state index is 0.0471. The molecule has 1 aliphatic heterocycles. The highest BCUT2D eigenvalue weighted by Gasteiger charge is 2.30. The van der Waals surface area contributed by atoms with Crippen LogP contribution in [0.5, 0.6) is 0 Å². The SMILES string of the molecule is CS(=O)(=O)N1CCC(CNC(=O)C(=O)Nc2ccc(C(F)(F)F)cc2)CC1. The van der Waals surface area contributed by atoms with E-state index in [0.717, 1.165) is 30.5 Å². The van der Waals surface area contributed by atoms with Crippen molar-refractivity contribution in [3.8, 4) is 0 Å². The zero-order valence-electron chi connectivity index (χ0n) is 14.5. The van der Waals surface area contributed by atoms with E-state index in [1.807, 2.05) is 0 Å². The van der Waals surface area contributed by atoms with Crippen molar-refractivity contribution in [2.45, 2.75) is 19.0 Å². The molecule has 0 spiro atoms. The number of carbonyl (C=O) groups excluding carboxylic acids is 2. The fraction of sp³-hybridized carbons (Fsp3) is 0.500. The molecule has 0 aliphatic carbocycles. The predicted octanol–water partition coefficient (Wildman–Crippen LogP) is 1.43. The molecule has 1 aromatic carbocycles. The molecule has 7 nitrogen and oxygen atoms in total. The number of anilines is 1. The molecule has 1 fully saturated rings. The Morgan fingerprint density at radius 3 is 2.15 bits per heavy atom. The number of nitrogens with zero attached hydrogens (tertiary/aromatic N) is 1. The third-order valence-corrected chi connectivity index (χ3v) is 5.57. The minimum Gasteiger partial charge on any atom is -0.348 e. The van der Waals surface area contributed by atoms with Crippen LogP contribution in [0.4, 0.5) is 18.9 Å². The van der Waals surface area contributed by atoms with Crippen molar-refractivity contribution < 1.29 is 31.2 Å². The van der Waals surface area contributed by atoms with Crippen LogP contribution in [0, 0.1) is 5.92 Å². The summed E-state index contributed by atoms with van der Waals surface area (Å²) >= 11 is 0. The lowest BCUT2D eigenvalue weighted by molar-refractivity contribution is -0.137. The van der Waals surface area contributed by atoms with Gasteiger partial charge in [0.1, 0.15) is 0 Å². The second kappa shape index (κ2) is 8.26. The Bertz CT molecular complexity index is 786. The number of amides is 2. The van der Waals surface area contributed by atoms with E-state index < -0.39 is 33.6 Å². The molecule has 0 atom stereocenters. The summed E-state index contributed by atoms with van der Waals surface area (Å²) in [5.74, 6) is -1.84. The van der Waals surface area contributed by atoms with Crippen molar-refractivity contribution >= 4 is 27.5 Å². The van der Waals surface area contributed by atoms with Gasteiger partial charge in [-0.3, -0.25) is 9.59 Å². The van der Waals surface area contributed by atoms with Gasteiger partial charge < -0.3 is 10.6 Å². The second-order valence-corrected chi connectivity index (χ2v) is 8.33. The molecule has 1 aliphatic rings. The number of hydrogen-bond donors (Lipinski definition) is 2. The molecule has 1 heterocycles. The summed E-state index contributed by atoms with van der Waals surface area (Å²) in [7, 11) is -3.23. The Hall–Kier alpha value is -2.14. The Labute approximate surface area is 155 Å². The highest BCUT2D eigenvalue weighted by molar-refractivity contribution is 7.88. The van der Waals surface area contributed by atoms with Crippen molar-refractivity contribution in [1.82, 2.24) is 9.62 Å². The summed E-state index contributed by atoms with van der Waals surface area (Å²) in [4.78, 5) is 23.6. The maximum atomic E-state index is 12.5. The first-order valence-corrected chi connectivity index (χ1v) is 10.0. The molecule has 2 rings (SSSR count). The number of piperidine rings is 1. The molecule has 150 valence electrons. The molecule has 0 saturated carbocycles. The van der Waals surface area contributed by atoms with Crippen molar-refractivity contribution in [3.05, 3.63) is 29.8 Å². The Kier molecular flexibility index (Phi) is 6.47. The third-order valence-electron chi connectivity index (χ3n) is 4.27. The maximum Gasteiger partial charge on any atom is 0.416 e. The molecule has 0 aromatic heterocycles. The summed E-state index contributed by atoms with van der Waals surface area (Å²) in [6.07, 6.45) is -2.21. The molecule has 11 heteroatoms. The van der Waals surface area contributed by atoms with E-state index in [1.165, 1.54) is 4.31 Å². The smallest absolute Gasteiger partial charge is 0.348 e. The monoisotopic (exact) mass is 407 g/mol. The molecule has 2 amide bonds. The number of hydrogen-bond acceptors (Lipinski definition) is 4. The summed E-state index contributed by atoms with van der Waals surface area (Å²) in [5.41, 5.74) is -0.782. The van der Waals surface area contributed by atoms with Crippen LogP contribution in [0.2, 0.25) is 0 Å². The van der Waals surface area contributed by atoms with Crippen LogP contribution in [0.3, 0.4) is 0 Å². The quantitative estimate of drug-likeness (QED) is 0.739. The molecular weight excluding hydrogens is 387 g/mol. The number of sulfonamides is 1. The highest BCUT2D eigenvalue weighted by atomic mass is 32.2. The van der Waals surface area contributed by atoms with Crippen molar-refractivity contribution in [1.29, 1.82) is 0 Å². The molecule has 1 aromatic rings. The Balaban J connectivity index is 1.79. The van der Waals surface area contributed by atoms with Crippen LogP contribution in [0.15, 0.2) is 24.3 Å². The first kappa shape index (κ1) is 21.2. The maximum absolute atomic E-state index is 12.5. The van der Waals surface area contributed by atoms with E-state index in [4.69, 9.17) is 0 Å². The van der Waals surface area contributed by atoms with Gasteiger partial charge in [0.15, 0.2) is 0 Å². The van der Waals surface area contributed by atoms with E-state index in [-0.39, 0.29) is 18.2 Å². The van der Waals surface area contributed by atoms with Gasteiger partial charge >= 0.3 is 18.0 Å². The number of benzene rings is 1. The average Bonchev–Trinajstić information content (AvgIpc) is 2.59. The van der Waals surface area contributed by atoms with Crippen LogP contribution in [0.1, 0.15) is 18.4 Å². The first-order chi connectivity index (χ1) is 12.5. The first-order valence-electron chi connectivity index (χ1n) is 8.18. The van der Waals surface area contributed by atoms with E-state index >= 15 is 0 Å². The van der Waals surface area contributed by atoms with Crippen LogP contribution in [-0.2, 0) is 25.8 Å². The van der Waals surface area contributed by atoms with Crippen molar-refractivity contribution in [3.63, 3.8) is 0 Å². The number of halogens is 3. The van der Waals surface area contributed by atoms with Gasteiger partial charge in [-0.2, -0.15) is 13.2 Å². The number of carbonyl (C=O) groups is 2. The van der Waals surface area contributed by atoms with Crippen LogP contribution >= 0.6 is 0 Å². The fourth-order valence-electron chi connectivity index (χ4n) is 2.69. The number of nitrogens with one attached hydrogen (secondary N) is 2. The summed E-state index contributed by atoms with van der Waals surface area (Å²) < 4.78 is 61.7. The molecule has 0 unspecified atom stereocenters. The molecule has 0 bridgehead atoms. The summed E-state index contributed by atoms with van der Waals surface area (Å²) in [5, 5.41) is 4.69. The zero-order chi connectivity index (χ0) is 20.2. The van der Waals surface area contributed by atoms with Crippen molar-refractivity contribution in [2.24, 2.45) is 5.92 Å². The number of rotatable bonds is 4. The van der Waals surface area contributed by atoms with Crippen molar-refractivity contribution in [2.75, 3.05) is 31.2 Å². The molecule has 27 heavy (non-hydrogen) atoms. The highest BCUT2D eigenvalue weighted by Crippen LogP contribution is 2.29. The molecule has 0 radical (unpaired) electrons. The lowest BCUT2D eigenvalue weighted by Gasteiger charge is -2.30. The summed E-state index contributed by atoms with van der Waals surface area (Å²) in [6, 6.07) is 3.75. The van der Waals surface area contributed by atoms with E-state index in [1.54, 1.807) is 0 Å². The molecule has 2 N–H and O–H groups in total. The van der Waals surface area contributed by atoms with Crippen LogP contribution < -0.4 is 10.6 Å². The van der Waals surface area contributed by atoms with Gasteiger partial charge in [0, 0.05) is 25.3 Å². The topological polar surface area (TPSA) is 95.6 Å². The normalized spacial score (nSPS) is 16.7. The van der Waals surface area contributed by atoms with Gasteiger partial charge in [0.2, 0.25) is 10.0 Å². The second-order valence-electron chi connectivity index (χ2n) is 6.34. The van der Waals surface area contributed by atoms with Crippen LogP contribution in [0.25, 0.3) is 0 Å². The van der Waals surface area contributed by atoms with Gasteiger partial charge in [-0.05, 0) is 43.0 Å². The Morgan fingerprint density at radius 1 is 1.11 bits per heavy atom. The van der Waals surface area contributed by atoms with Gasteiger partial charge in [0.25, 0.3) is 0 Å². The largest absolute Gasteiger partial charge is 0.416 e. The lowest BCUT2D eigenvalue weighted by Crippen LogP contribution is -2.43. The van der Waals surface area contributed by atoms with Gasteiger partial charge in [-0.25, -0.2) is 12.7 Å². The standard InChI is InChI=1S/C16H20F3N3O4S/c1-27(25,26)22-8-6-11(7-9-22)10-20-14(23)15(24)21-13-4-2-12(3-5-13)16(17,18)19/h2-5,11H,6-10H2,1H3,(H,20,23)(H,21,24). The van der Waals surface area contributed by atoms with Gasteiger partial charge in [-0.1, -0.05) is 0 Å².